The van der Waals surface area contributed by atoms with Crippen molar-refractivity contribution in [3.8, 4) is 0 Å². The van der Waals surface area contributed by atoms with Crippen LogP contribution in [0, 0.1) is 19.8 Å². The monoisotopic (exact) mass is 295 g/mol. The Balaban J connectivity index is 1.79. The maximum atomic E-state index is 12.1. The number of hydrogen-bond acceptors (Lipinski definition) is 4. The Bertz CT molecular complexity index is 462. The van der Waals surface area contributed by atoms with Crippen LogP contribution >= 0.6 is 11.3 Å². The molecule has 1 aromatic heterocycles. The van der Waals surface area contributed by atoms with E-state index in [0.29, 0.717) is 12.0 Å². The molecule has 5 heteroatoms. The summed E-state index contributed by atoms with van der Waals surface area (Å²) in [4.78, 5) is 19.5. The smallest absolute Gasteiger partial charge is 0.263 e. The van der Waals surface area contributed by atoms with E-state index in [1.54, 1.807) is 0 Å². The first-order chi connectivity index (χ1) is 9.47. The van der Waals surface area contributed by atoms with Crippen LogP contribution in [0.25, 0.3) is 0 Å². The molecule has 1 aliphatic rings. The Morgan fingerprint density at radius 2 is 1.95 bits per heavy atom. The Labute approximate surface area is 125 Å². The van der Waals surface area contributed by atoms with Crippen molar-refractivity contribution in [2.75, 3.05) is 20.6 Å². The van der Waals surface area contributed by atoms with Gasteiger partial charge < -0.3 is 10.2 Å². The molecule has 0 unspecified atom stereocenters. The molecule has 1 aliphatic carbocycles. The fourth-order valence-electron chi connectivity index (χ4n) is 2.92. The molecule has 1 aromatic rings. The SMILES string of the molecule is Cc1nc(C)c(C(=O)NCC2CCC(N(C)C)CC2)s1. The van der Waals surface area contributed by atoms with Crippen LogP contribution in [0.15, 0.2) is 0 Å². The summed E-state index contributed by atoms with van der Waals surface area (Å²) in [6.45, 7) is 4.65. The zero-order valence-electron chi connectivity index (χ0n) is 12.9. The molecule has 0 radical (unpaired) electrons. The molecule has 20 heavy (non-hydrogen) atoms. The molecule has 0 aromatic carbocycles. The number of nitrogens with zero attached hydrogens (tertiary/aromatic N) is 2. The van der Waals surface area contributed by atoms with Crippen molar-refractivity contribution in [1.29, 1.82) is 0 Å². The van der Waals surface area contributed by atoms with E-state index in [-0.39, 0.29) is 5.91 Å². The van der Waals surface area contributed by atoms with Gasteiger partial charge in [0.05, 0.1) is 10.7 Å². The largest absolute Gasteiger partial charge is 0.351 e. The molecule has 1 saturated carbocycles. The predicted molar refractivity (Wildman–Crippen MR) is 83.4 cm³/mol. The lowest BCUT2D eigenvalue weighted by Crippen LogP contribution is -2.36. The van der Waals surface area contributed by atoms with Gasteiger partial charge in [0.1, 0.15) is 4.88 Å². The van der Waals surface area contributed by atoms with Crippen molar-refractivity contribution < 1.29 is 4.79 Å². The van der Waals surface area contributed by atoms with Gasteiger partial charge in [-0.25, -0.2) is 4.98 Å². The molecule has 4 nitrogen and oxygen atoms in total. The first-order valence-corrected chi connectivity index (χ1v) is 8.17. The second-order valence-electron chi connectivity index (χ2n) is 6.00. The highest BCUT2D eigenvalue weighted by molar-refractivity contribution is 7.13. The molecule has 112 valence electrons. The highest BCUT2D eigenvalue weighted by Gasteiger charge is 2.23. The van der Waals surface area contributed by atoms with Crippen LogP contribution in [0.5, 0.6) is 0 Å². The van der Waals surface area contributed by atoms with Crippen molar-refractivity contribution >= 4 is 17.2 Å². The van der Waals surface area contributed by atoms with E-state index in [1.165, 1.54) is 37.0 Å². The summed E-state index contributed by atoms with van der Waals surface area (Å²) < 4.78 is 0. The van der Waals surface area contributed by atoms with Crippen molar-refractivity contribution in [1.82, 2.24) is 15.2 Å². The summed E-state index contributed by atoms with van der Waals surface area (Å²) in [5.74, 6) is 0.673. The molecule has 1 fully saturated rings. The van der Waals surface area contributed by atoms with Crippen molar-refractivity contribution in [2.24, 2.45) is 5.92 Å². The van der Waals surface area contributed by atoms with Gasteiger partial charge in [0.25, 0.3) is 5.91 Å². The van der Waals surface area contributed by atoms with Crippen LogP contribution in [0.2, 0.25) is 0 Å². The summed E-state index contributed by atoms with van der Waals surface area (Å²) >= 11 is 1.48. The normalized spacial score (nSPS) is 23.1. The Morgan fingerprint density at radius 1 is 1.30 bits per heavy atom. The molecule has 1 amide bonds. The fraction of sp³-hybridized carbons (Fsp3) is 0.733. The number of aryl methyl sites for hydroxylation is 2. The number of amides is 1. The molecule has 1 heterocycles. The Kier molecular flexibility index (Phi) is 5.16. The van der Waals surface area contributed by atoms with E-state index in [2.05, 4.69) is 29.3 Å². The van der Waals surface area contributed by atoms with Gasteiger partial charge >= 0.3 is 0 Å². The molecular weight excluding hydrogens is 270 g/mol. The summed E-state index contributed by atoms with van der Waals surface area (Å²) in [6, 6.07) is 0.716. The van der Waals surface area contributed by atoms with Crippen molar-refractivity contribution in [2.45, 2.75) is 45.6 Å². The topological polar surface area (TPSA) is 45.2 Å². The van der Waals surface area contributed by atoms with Gasteiger partial charge in [-0.3, -0.25) is 4.79 Å². The van der Waals surface area contributed by atoms with E-state index in [4.69, 9.17) is 0 Å². The van der Waals surface area contributed by atoms with Crippen LogP contribution in [0.3, 0.4) is 0 Å². The number of carbonyl (C=O) groups is 1. The lowest BCUT2D eigenvalue weighted by molar-refractivity contribution is 0.0942. The number of hydrogen-bond donors (Lipinski definition) is 1. The standard InChI is InChI=1S/C15H25N3OS/c1-10-14(20-11(2)17-10)15(19)16-9-12-5-7-13(8-6-12)18(3)4/h12-13H,5-9H2,1-4H3,(H,16,19). The average molecular weight is 295 g/mol. The van der Waals surface area contributed by atoms with Crippen molar-refractivity contribution in [3.63, 3.8) is 0 Å². The quantitative estimate of drug-likeness (QED) is 0.928. The van der Waals surface area contributed by atoms with Gasteiger partial charge in [-0.15, -0.1) is 11.3 Å². The lowest BCUT2D eigenvalue weighted by Gasteiger charge is -2.32. The number of thiazole rings is 1. The van der Waals surface area contributed by atoms with E-state index in [0.717, 1.165) is 22.1 Å². The molecular formula is C15H25N3OS. The van der Waals surface area contributed by atoms with Crippen LogP contribution in [0.4, 0.5) is 0 Å². The van der Waals surface area contributed by atoms with E-state index in [1.807, 2.05) is 13.8 Å². The van der Waals surface area contributed by atoms with Gasteiger partial charge in [-0.05, 0) is 59.5 Å². The molecule has 0 saturated heterocycles. The summed E-state index contributed by atoms with van der Waals surface area (Å²) in [5, 5.41) is 4.04. The third-order valence-corrected chi connectivity index (χ3v) is 5.28. The zero-order chi connectivity index (χ0) is 14.7. The van der Waals surface area contributed by atoms with Gasteiger partial charge in [0.2, 0.25) is 0 Å². The van der Waals surface area contributed by atoms with E-state index >= 15 is 0 Å². The number of rotatable bonds is 4. The number of aromatic nitrogens is 1. The third-order valence-electron chi connectivity index (χ3n) is 4.21. The molecule has 1 N–H and O–H groups in total. The van der Waals surface area contributed by atoms with Gasteiger partial charge in [0, 0.05) is 12.6 Å². The fourth-order valence-corrected chi connectivity index (χ4v) is 3.76. The van der Waals surface area contributed by atoms with Gasteiger partial charge in [0.15, 0.2) is 0 Å². The minimum absolute atomic E-state index is 0.0443. The minimum Gasteiger partial charge on any atom is -0.351 e. The Hall–Kier alpha value is -0.940. The van der Waals surface area contributed by atoms with Gasteiger partial charge in [-0.2, -0.15) is 0 Å². The highest BCUT2D eigenvalue weighted by atomic mass is 32.1. The van der Waals surface area contributed by atoms with E-state index in [9.17, 15) is 4.79 Å². The molecule has 0 spiro atoms. The summed E-state index contributed by atoms with van der Waals surface area (Å²) in [5.41, 5.74) is 0.848. The van der Waals surface area contributed by atoms with Crippen LogP contribution < -0.4 is 5.32 Å². The maximum absolute atomic E-state index is 12.1. The second kappa shape index (κ2) is 6.68. The van der Waals surface area contributed by atoms with Crippen molar-refractivity contribution in [3.05, 3.63) is 15.6 Å². The average Bonchev–Trinajstić information content (AvgIpc) is 2.75. The van der Waals surface area contributed by atoms with Crippen LogP contribution in [-0.2, 0) is 0 Å². The van der Waals surface area contributed by atoms with Crippen LogP contribution in [0.1, 0.15) is 46.1 Å². The Morgan fingerprint density at radius 3 is 2.45 bits per heavy atom. The molecule has 0 bridgehead atoms. The van der Waals surface area contributed by atoms with E-state index < -0.39 is 0 Å². The first-order valence-electron chi connectivity index (χ1n) is 7.36. The molecule has 2 rings (SSSR count). The lowest BCUT2D eigenvalue weighted by atomic mass is 9.85. The summed E-state index contributed by atoms with van der Waals surface area (Å²) in [7, 11) is 4.31. The third kappa shape index (κ3) is 3.79. The second-order valence-corrected chi connectivity index (χ2v) is 7.20. The molecule has 0 aliphatic heterocycles. The molecule has 0 atom stereocenters. The zero-order valence-corrected chi connectivity index (χ0v) is 13.7. The van der Waals surface area contributed by atoms with Gasteiger partial charge in [-0.1, -0.05) is 0 Å². The number of nitrogens with one attached hydrogen (secondary N) is 1. The highest BCUT2D eigenvalue weighted by Crippen LogP contribution is 2.26. The first kappa shape index (κ1) is 15.4. The number of carbonyl (C=O) groups excluding carboxylic acids is 1. The summed E-state index contributed by atoms with van der Waals surface area (Å²) in [6.07, 6.45) is 4.91. The van der Waals surface area contributed by atoms with Crippen LogP contribution in [-0.4, -0.2) is 42.5 Å². The maximum Gasteiger partial charge on any atom is 0.263 e. The minimum atomic E-state index is 0.0443. The predicted octanol–water partition coefficient (Wildman–Crippen LogP) is 2.61.